The predicted octanol–water partition coefficient (Wildman–Crippen LogP) is 0.179. The zero-order valence-corrected chi connectivity index (χ0v) is 7.02. The number of rotatable bonds is 3. The van der Waals surface area contributed by atoms with Gasteiger partial charge in [0.15, 0.2) is 0 Å². The predicted molar refractivity (Wildman–Crippen MR) is 46.4 cm³/mol. The molecule has 0 aromatic heterocycles. The number of benzene rings is 1. The van der Waals surface area contributed by atoms with Gasteiger partial charge < -0.3 is 15.9 Å². The van der Waals surface area contributed by atoms with Crippen molar-refractivity contribution in [1.29, 1.82) is 0 Å². The fourth-order valence-corrected chi connectivity index (χ4v) is 1.01. The van der Waals surface area contributed by atoms with Gasteiger partial charge >= 0.3 is 0 Å². The Labute approximate surface area is 75.6 Å². The van der Waals surface area contributed by atoms with E-state index in [1.807, 2.05) is 0 Å². The van der Waals surface area contributed by atoms with Crippen LogP contribution in [-0.2, 0) is 0 Å². The molecule has 4 N–H and O–H groups in total. The Morgan fingerprint density at radius 3 is 2.31 bits per heavy atom. The highest BCUT2D eigenvalue weighted by molar-refractivity contribution is 5.19. The van der Waals surface area contributed by atoms with Crippen molar-refractivity contribution in [3.05, 3.63) is 35.6 Å². The molecule has 13 heavy (non-hydrogen) atoms. The van der Waals surface area contributed by atoms with Gasteiger partial charge in [-0.15, -0.1) is 0 Å². The van der Waals surface area contributed by atoms with E-state index >= 15 is 0 Å². The molecule has 0 saturated heterocycles. The molecule has 0 aliphatic carbocycles. The smallest absolute Gasteiger partial charge is 0.123 e. The first-order valence-electron chi connectivity index (χ1n) is 3.95. The molecule has 72 valence electrons. The molecule has 0 bridgehead atoms. The lowest BCUT2D eigenvalue weighted by atomic mass is 10.0. The van der Waals surface area contributed by atoms with E-state index in [1.165, 1.54) is 24.3 Å². The van der Waals surface area contributed by atoms with Crippen LogP contribution in [0.1, 0.15) is 11.7 Å². The van der Waals surface area contributed by atoms with Gasteiger partial charge in [-0.05, 0) is 17.7 Å². The summed E-state index contributed by atoms with van der Waals surface area (Å²) in [7, 11) is 0. The van der Waals surface area contributed by atoms with Crippen molar-refractivity contribution in [2.24, 2.45) is 5.73 Å². The van der Waals surface area contributed by atoms with Crippen LogP contribution in [-0.4, -0.2) is 22.9 Å². The van der Waals surface area contributed by atoms with Crippen molar-refractivity contribution < 1.29 is 14.6 Å². The SMILES string of the molecule is N[C@@H](CO)C(O)c1ccc(F)cc1. The summed E-state index contributed by atoms with van der Waals surface area (Å²) in [5.74, 6) is -0.367. The van der Waals surface area contributed by atoms with Gasteiger partial charge in [0.1, 0.15) is 5.82 Å². The Bertz CT molecular complexity index is 263. The van der Waals surface area contributed by atoms with Crippen LogP contribution in [0.4, 0.5) is 4.39 Å². The lowest BCUT2D eigenvalue weighted by Gasteiger charge is -2.16. The standard InChI is InChI=1S/C9H12FNO2/c10-7-3-1-6(2-4-7)9(13)8(11)5-12/h1-4,8-9,12-13H,5,11H2/t8-,9?/m0/s1. The maximum absolute atomic E-state index is 12.5. The molecule has 3 nitrogen and oxygen atoms in total. The molecule has 0 saturated carbocycles. The van der Waals surface area contributed by atoms with Gasteiger partial charge in [0.2, 0.25) is 0 Å². The molecule has 1 rings (SSSR count). The summed E-state index contributed by atoms with van der Waals surface area (Å²) in [4.78, 5) is 0. The minimum absolute atomic E-state index is 0.307. The lowest BCUT2D eigenvalue weighted by molar-refractivity contribution is 0.109. The van der Waals surface area contributed by atoms with Crippen LogP contribution in [0.15, 0.2) is 24.3 Å². The van der Waals surface area contributed by atoms with Crippen molar-refractivity contribution in [2.75, 3.05) is 6.61 Å². The molecule has 1 aromatic carbocycles. The van der Waals surface area contributed by atoms with Gasteiger partial charge in [-0.25, -0.2) is 4.39 Å². The minimum Gasteiger partial charge on any atom is -0.395 e. The van der Waals surface area contributed by atoms with Gasteiger partial charge in [-0.3, -0.25) is 0 Å². The second kappa shape index (κ2) is 4.32. The average Bonchev–Trinajstić information content (AvgIpc) is 2.17. The number of nitrogens with two attached hydrogens (primary N) is 1. The molecule has 1 unspecified atom stereocenters. The van der Waals surface area contributed by atoms with Crippen LogP contribution >= 0.6 is 0 Å². The molecule has 1 aromatic rings. The van der Waals surface area contributed by atoms with E-state index in [2.05, 4.69) is 0 Å². The summed E-state index contributed by atoms with van der Waals surface area (Å²) in [5.41, 5.74) is 5.90. The van der Waals surface area contributed by atoms with Crippen molar-refractivity contribution >= 4 is 0 Å². The molecule has 0 heterocycles. The van der Waals surface area contributed by atoms with Crippen LogP contribution < -0.4 is 5.73 Å². The zero-order valence-electron chi connectivity index (χ0n) is 7.02. The molecule has 0 fully saturated rings. The van der Waals surface area contributed by atoms with Crippen molar-refractivity contribution in [3.8, 4) is 0 Å². The average molecular weight is 185 g/mol. The number of aliphatic hydroxyl groups is 2. The molecule has 0 aliphatic rings. The van der Waals surface area contributed by atoms with E-state index in [4.69, 9.17) is 10.8 Å². The molecule has 0 amide bonds. The van der Waals surface area contributed by atoms with E-state index in [1.54, 1.807) is 0 Å². The maximum Gasteiger partial charge on any atom is 0.123 e. The molecule has 0 aliphatic heterocycles. The fourth-order valence-electron chi connectivity index (χ4n) is 1.01. The third-order valence-electron chi connectivity index (χ3n) is 1.83. The summed E-state index contributed by atoms with van der Waals surface area (Å²) in [6.07, 6.45) is -0.953. The zero-order chi connectivity index (χ0) is 9.84. The second-order valence-corrected chi connectivity index (χ2v) is 2.84. The molecule has 4 heteroatoms. The van der Waals surface area contributed by atoms with E-state index in [9.17, 15) is 9.50 Å². The molecule has 0 radical (unpaired) electrons. The number of aliphatic hydroxyl groups excluding tert-OH is 2. The number of halogens is 1. The molecule has 0 spiro atoms. The van der Waals surface area contributed by atoms with Gasteiger partial charge in [-0.2, -0.15) is 0 Å². The number of hydrogen-bond acceptors (Lipinski definition) is 3. The van der Waals surface area contributed by atoms with Gasteiger partial charge in [0.05, 0.1) is 18.8 Å². The van der Waals surface area contributed by atoms with Crippen LogP contribution in [0.3, 0.4) is 0 Å². The van der Waals surface area contributed by atoms with Crippen molar-refractivity contribution in [3.63, 3.8) is 0 Å². The first-order chi connectivity index (χ1) is 6.15. The normalized spacial score (nSPS) is 15.4. The summed E-state index contributed by atoms with van der Waals surface area (Å²) in [6, 6.07) is 4.63. The third kappa shape index (κ3) is 2.48. The van der Waals surface area contributed by atoms with Crippen LogP contribution in [0.25, 0.3) is 0 Å². The fraction of sp³-hybridized carbons (Fsp3) is 0.333. The molecular formula is C9H12FNO2. The molecule has 2 atom stereocenters. The Morgan fingerprint density at radius 2 is 1.85 bits per heavy atom. The largest absolute Gasteiger partial charge is 0.395 e. The van der Waals surface area contributed by atoms with Crippen LogP contribution in [0.5, 0.6) is 0 Å². The Kier molecular flexibility index (Phi) is 3.36. The summed E-state index contributed by atoms with van der Waals surface area (Å²) >= 11 is 0. The first-order valence-corrected chi connectivity index (χ1v) is 3.95. The lowest BCUT2D eigenvalue weighted by Crippen LogP contribution is -2.31. The third-order valence-corrected chi connectivity index (χ3v) is 1.83. The first kappa shape index (κ1) is 10.1. The van der Waals surface area contributed by atoms with E-state index in [0.717, 1.165) is 0 Å². The monoisotopic (exact) mass is 185 g/mol. The Morgan fingerprint density at radius 1 is 1.31 bits per heavy atom. The van der Waals surface area contributed by atoms with E-state index in [0.29, 0.717) is 5.56 Å². The van der Waals surface area contributed by atoms with Crippen LogP contribution in [0, 0.1) is 5.82 Å². The second-order valence-electron chi connectivity index (χ2n) is 2.84. The van der Waals surface area contributed by atoms with Crippen LogP contribution in [0.2, 0.25) is 0 Å². The minimum atomic E-state index is -0.953. The van der Waals surface area contributed by atoms with Crippen molar-refractivity contribution in [2.45, 2.75) is 12.1 Å². The number of hydrogen-bond donors (Lipinski definition) is 3. The highest BCUT2D eigenvalue weighted by Gasteiger charge is 2.15. The van der Waals surface area contributed by atoms with E-state index in [-0.39, 0.29) is 12.4 Å². The highest BCUT2D eigenvalue weighted by Crippen LogP contribution is 2.15. The highest BCUT2D eigenvalue weighted by atomic mass is 19.1. The summed E-state index contributed by atoms with van der Waals surface area (Å²) in [5, 5.41) is 18.1. The Balaban J connectivity index is 2.77. The summed E-state index contributed by atoms with van der Waals surface area (Å²) in [6.45, 7) is -0.307. The van der Waals surface area contributed by atoms with Crippen molar-refractivity contribution in [1.82, 2.24) is 0 Å². The van der Waals surface area contributed by atoms with Gasteiger partial charge in [0, 0.05) is 0 Å². The maximum atomic E-state index is 12.5. The van der Waals surface area contributed by atoms with Gasteiger partial charge in [-0.1, -0.05) is 12.1 Å². The topological polar surface area (TPSA) is 66.5 Å². The van der Waals surface area contributed by atoms with Gasteiger partial charge in [0.25, 0.3) is 0 Å². The summed E-state index contributed by atoms with van der Waals surface area (Å²) < 4.78 is 12.5. The Hall–Kier alpha value is -0.970. The molecular weight excluding hydrogens is 173 g/mol. The quantitative estimate of drug-likeness (QED) is 0.629. The van der Waals surface area contributed by atoms with E-state index < -0.39 is 12.1 Å².